The number of hydrogen-bond donors (Lipinski definition) is 1. The third-order valence-electron chi connectivity index (χ3n) is 7.42. The lowest BCUT2D eigenvalue weighted by Crippen LogP contribution is -2.40. The minimum Gasteiger partial charge on any atom is -0.490 e. The molecule has 3 heterocycles. The number of aromatic nitrogens is 1. The van der Waals surface area contributed by atoms with Gasteiger partial charge in [0.05, 0.1) is 34.5 Å². The van der Waals surface area contributed by atoms with Crippen LogP contribution in [0.4, 0.5) is 5.82 Å². The molecule has 2 fully saturated rings. The molecule has 1 aromatic heterocycles. The van der Waals surface area contributed by atoms with E-state index in [2.05, 4.69) is 11.0 Å². The molecule has 2 aromatic rings. The van der Waals surface area contributed by atoms with E-state index in [0.717, 1.165) is 68.7 Å². The maximum absolute atomic E-state index is 13.1. The molecule has 1 saturated carbocycles. The van der Waals surface area contributed by atoms with Crippen molar-refractivity contribution in [2.75, 3.05) is 24.6 Å². The number of halogens is 1. The van der Waals surface area contributed by atoms with Crippen molar-refractivity contribution in [1.82, 2.24) is 9.88 Å². The van der Waals surface area contributed by atoms with Crippen LogP contribution in [0.1, 0.15) is 60.1 Å². The second-order valence-electron chi connectivity index (χ2n) is 9.51. The average Bonchev–Trinajstić information content (AvgIpc) is 3.20. The second kappa shape index (κ2) is 9.81. The zero-order chi connectivity index (χ0) is 23.7. The molecule has 0 radical (unpaired) electrons. The van der Waals surface area contributed by atoms with E-state index in [1.807, 2.05) is 17.0 Å². The van der Waals surface area contributed by atoms with Crippen LogP contribution in [0.25, 0.3) is 0 Å². The highest BCUT2D eigenvalue weighted by molar-refractivity contribution is 6.31. The third kappa shape index (κ3) is 4.57. The van der Waals surface area contributed by atoms with E-state index in [9.17, 15) is 9.90 Å². The highest BCUT2D eigenvalue weighted by atomic mass is 35.5. The van der Waals surface area contributed by atoms with Crippen LogP contribution in [0.2, 0.25) is 5.02 Å². The number of nitrogens with zero attached hydrogens (tertiary/aromatic N) is 4. The van der Waals surface area contributed by atoms with Gasteiger partial charge in [0, 0.05) is 31.8 Å². The molecule has 1 aliphatic carbocycles. The minimum atomic E-state index is 0.0758. The van der Waals surface area contributed by atoms with Gasteiger partial charge in [0.15, 0.2) is 0 Å². The normalized spacial score (nSPS) is 23.0. The maximum atomic E-state index is 13.1. The first-order valence-corrected chi connectivity index (χ1v) is 12.5. The van der Waals surface area contributed by atoms with Gasteiger partial charge in [-0.15, -0.1) is 0 Å². The van der Waals surface area contributed by atoms with E-state index in [1.54, 1.807) is 18.2 Å². The molecule has 0 atom stereocenters. The van der Waals surface area contributed by atoms with Gasteiger partial charge in [-0.25, -0.2) is 4.98 Å². The van der Waals surface area contributed by atoms with Crippen LogP contribution in [0.5, 0.6) is 5.75 Å². The van der Waals surface area contributed by atoms with Crippen molar-refractivity contribution in [1.29, 1.82) is 5.26 Å². The summed E-state index contributed by atoms with van der Waals surface area (Å²) in [5.74, 6) is 2.08. The number of hydrogen-bond acceptors (Lipinski definition) is 6. The summed E-state index contributed by atoms with van der Waals surface area (Å²) in [6, 6.07) is 11.3. The number of carbonyl (C=O) groups excluding carboxylic acids is 1. The first-order chi connectivity index (χ1) is 16.6. The maximum Gasteiger partial charge on any atom is 0.256 e. The van der Waals surface area contributed by atoms with Gasteiger partial charge >= 0.3 is 0 Å². The van der Waals surface area contributed by atoms with Crippen LogP contribution in [0.15, 0.2) is 30.3 Å². The molecule has 1 amide bonds. The lowest BCUT2D eigenvalue weighted by atomic mass is 9.92. The van der Waals surface area contributed by atoms with E-state index in [0.29, 0.717) is 28.8 Å². The summed E-state index contributed by atoms with van der Waals surface area (Å²) in [7, 11) is 0. The number of fused-ring (bicyclic) bond motifs is 1. The average molecular weight is 481 g/mol. The number of amides is 1. The molecule has 3 aliphatic rings. The van der Waals surface area contributed by atoms with Gasteiger partial charge in [0.1, 0.15) is 17.6 Å². The quantitative estimate of drug-likeness (QED) is 0.691. The van der Waals surface area contributed by atoms with Crippen LogP contribution in [0.3, 0.4) is 0 Å². The first kappa shape index (κ1) is 22.9. The molecule has 0 spiro atoms. The summed E-state index contributed by atoms with van der Waals surface area (Å²) in [5.41, 5.74) is 2.04. The molecule has 178 valence electrons. The van der Waals surface area contributed by atoms with E-state index < -0.39 is 0 Å². The van der Waals surface area contributed by atoms with E-state index >= 15 is 0 Å². The van der Waals surface area contributed by atoms with Crippen molar-refractivity contribution in [3.8, 4) is 11.8 Å². The Morgan fingerprint density at radius 1 is 1.12 bits per heavy atom. The van der Waals surface area contributed by atoms with E-state index in [4.69, 9.17) is 26.6 Å². The van der Waals surface area contributed by atoms with Crippen molar-refractivity contribution in [2.45, 2.75) is 57.2 Å². The highest BCUT2D eigenvalue weighted by Crippen LogP contribution is 2.34. The Morgan fingerprint density at radius 3 is 2.56 bits per heavy atom. The Hall–Kier alpha value is -2.82. The topological polar surface area (TPSA) is 89.7 Å². The van der Waals surface area contributed by atoms with Gasteiger partial charge in [0.25, 0.3) is 5.91 Å². The minimum absolute atomic E-state index is 0.0758. The fraction of sp³-hybridized carbons (Fsp3) is 0.500. The number of nitriles is 1. The van der Waals surface area contributed by atoms with Crippen molar-refractivity contribution < 1.29 is 14.6 Å². The summed E-state index contributed by atoms with van der Waals surface area (Å²) in [6.45, 7) is 2.60. The molecule has 34 heavy (non-hydrogen) atoms. The number of carbonyl (C=O) groups is 1. The van der Waals surface area contributed by atoms with Crippen molar-refractivity contribution in [3.05, 3.63) is 52.2 Å². The molecular weight excluding hydrogens is 452 g/mol. The fourth-order valence-electron chi connectivity index (χ4n) is 5.34. The number of piperidine rings is 1. The Labute approximate surface area is 204 Å². The second-order valence-corrected chi connectivity index (χ2v) is 9.92. The number of aliphatic hydroxyl groups is 1. The summed E-state index contributed by atoms with van der Waals surface area (Å²) in [5, 5.41) is 18.8. The zero-order valence-corrected chi connectivity index (χ0v) is 19.9. The van der Waals surface area contributed by atoms with Crippen LogP contribution in [-0.4, -0.2) is 52.7 Å². The van der Waals surface area contributed by atoms with Gasteiger partial charge in [-0.3, -0.25) is 4.79 Å². The van der Waals surface area contributed by atoms with Gasteiger partial charge in [-0.1, -0.05) is 11.6 Å². The fourth-order valence-corrected chi connectivity index (χ4v) is 5.55. The number of pyridine rings is 1. The third-order valence-corrected chi connectivity index (χ3v) is 7.73. The van der Waals surface area contributed by atoms with Crippen LogP contribution in [0, 0.1) is 17.2 Å². The standard InChI is InChI=1S/C26H29ClN4O3/c27-23-13-21(4-1-18(23)14-28)34-20-5-2-19(3-6-20)31-15-24-22(26(31)33)7-8-25(29-24)30-11-9-17(16-32)10-12-30/h1,4,7-8,13,17,19-20,32H,2-3,5-6,9-12,15-16H2. The number of ether oxygens (including phenoxy) is 1. The molecule has 0 bridgehead atoms. The predicted molar refractivity (Wildman–Crippen MR) is 129 cm³/mol. The highest BCUT2D eigenvalue weighted by Gasteiger charge is 2.36. The van der Waals surface area contributed by atoms with Crippen LogP contribution in [-0.2, 0) is 6.54 Å². The molecular formula is C26H29ClN4O3. The summed E-state index contributed by atoms with van der Waals surface area (Å²) in [6.07, 6.45) is 5.51. The Kier molecular flexibility index (Phi) is 6.62. The van der Waals surface area contributed by atoms with Crippen molar-refractivity contribution >= 4 is 23.3 Å². The van der Waals surface area contributed by atoms with Gasteiger partial charge < -0.3 is 19.6 Å². The van der Waals surface area contributed by atoms with E-state index in [-0.39, 0.29) is 24.7 Å². The smallest absolute Gasteiger partial charge is 0.256 e. The van der Waals surface area contributed by atoms with Crippen molar-refractivity contribution in [2.24, 2.45) is 5.92 Å². The molecule has 0 unspecified atom stereocenters. The van der Waals surface area contributed by atoms with Crippen molar-refractivity contribution in [3.63, 3.8) is 0 Å². The lowest BCUT2D eigenvalue weighted by molar-refractivity contribution is 0.0560. The number of benzene rings is 1. The number of anilines is 1. The SMILES string of the molecule is N#Cc1ccc(OC2CCC(N3Cc4nc(N5CCC(CO)CC5)ccc4C3=O)CC2)cc1Cl. The van der Waals surface area contributed by atoms with E-state index in [1.165, 1.54) is 0 Å². The monoisotopic (exact) mass is 480 g/mol. The largest absolute Gasteiger partial charge is 0.490 e. The number of rotatable bonds is 5. The lowest BCUT2D eigenvalue weighted by Gasteiger charge is -2.34. The van der Waals surface area contributed by atoms with Crippen LogP contribution < -0.4 is 9.64 Å². The molecule has 7 nitrogen and oxygen atoms in total. The molecule has 1 aromatic carbocycles. The first-order valence-electron chi connectivity index (χ1n) is 12.1. The Balaban J connectivity index is 1.18. The molecule has 1 N–H and O–H groups in total. The zero-order valence-electron chi connectivity index (χ0n) is 19.1. The Bertz CT molecular complexity index is 1100. The molecule has 1 saturated heterocycles. The Morgan fingerprint density at radius 2 is 1.88 bits per heavy atom. The molecule has 2 aliphatic heterocycles. The molecule has 5 rings (SSSR count). The van der Waals surface area contributed by atoms with Gasteiger partial charge in [0.2, 0.25) is 0 Å². The summed E-state index contributed by atoms with van der Waals surface area (Å²) >= 11 is 6.12. The van der Waals surface area contributed by atoms with Gasteiger partial charge in [-0.05, 0) is 68.7 Å². The van der Waals surface area contributed by atoms with Gasteiger partial charge in [-0.2, -0.15) is 5.26 Å². The summed E-state index contributed by atoms with van der Waals surface area (Å²) < 4.78 is 6.10. The molecule has 8 heteroatoms. The summed E-state index contributed by atoms with van der Waals surface area (Å²) in [4.78, 5) is 22.2. The predicted octanol–water partition coefficient (Wildman–Crippen LogP) is 4.16. The number of aliphatic hydroxyl groups excluding tert-OH is 1. The van der Waals surface area contributed by atoms with Crippen LogP contribution >= 0.6 is 11.6 Å².